The molecule has 13 rings (SSSR count). The number of nitrogens with zero attached hydrogens (tertiary/aromatic N) is 2. The van der Waals surface area contributed by atoms with Crippen LogP contribution in [-0.2, 0) is 0 Å². The lowest BCUT2D eigenvalue weighted by Gasteiger charge is -2.28. The zero-order chi connectivity index (χ0) is 39.9. The van der Waals surface area contributed by atoms with E-state index < -0.39 is 0 Å². The Kier molecular flexibility index (Phi) is 6.60. The van der Waals surface area contributed by atoms with Crippen molar-refractivity contribution in [3.63, 3.8) is 0 Å². The van der Waals surface area contributed by atoms with Crippen molar-refractivity contribution >= 4 is 227 Å². The van der Waals surface area contributed by atoms with Gasteiger partial charge in [0.15, 0.2) is 0 Å². The number of hydrogen-bond donors (Lipinski definition) is 0. The van der Waals surface area contributed by atoms with Crippen LogP contribution >= 0.6 is 95.6 Å². The van der Waals surface area contributed by atoms with Gasteiger partial charge in [0.05, 0.1) is 0 Å². The van der Waals surface area contributed by atoms with Gasteiger partial charge in [-0.1, -0.05) is 120 Å². The van der Waals surface area contributed by atoms with Crippen molar-refractivity contribution in [2.45, 2.75) is 0 Å². The van der Waals surface area contributed by atoms with Gasteiger partial charge in [0, 0.05) is 117 Å². The van der Waals surface area contributed by atoms with Gasteiger partial charge in [-0.3, -0.25) is 29.0 Å². The summed E-state index contributed by atoms with van der Waals surface area (Å²) < 4.78 is 4.93. The lowest BCUT2D eigenvalue weighted by Crippen LogP contribution is -2.37. The van der Waals surface area contributed by atoms with Gasteiger partial charge in [-0.05, 0) is 90.3 Å². The van der Waals surface area contributed by atoms with Crippen molar-refractivity contribution in [3.8, 4) is 0 Å². The second kappa shape index (κ2) is 11.0. The van der Waals surface area contributed by atoms with Crippen LogP contribution in [0.5, 0.6) is 0 Å². The zero-order valence-corrected chi connectivity index (χ0v) is 39.1. The fourth-order valence-corrected chi connectivity index (χ4v) is 14.4. The Bertz CT molecular complexity index is 3690. The maximum Gasteiger partial charge on any atom is 0.261 e. The molecule has 4 amide bonds. The minimum atomic E-state index is -0.326. The molecule has 0 radical (unpaired) electrons. The molecule has 0 saturated carbocycles. The Morgan fingerprint density at radius 1 is 0.293 bits per heavy atom. The van der Waals surface area contributed by atoms with E-state index in [2.05, 4.69) is 132 Å². The summed E-state index contributed by atoms with van der Waals surface area (Å²) in [4.78, 5) is 56.7. The maximum atomic E-state index is 13.6. The van der Waals surface area contributed by atoms with E-state index in [1.807, 2.05) is 24.3 Å². The van der Waals surface area contributed by atoms with Crippen LogP contribution in [-0.4, -0.2) is 47.5 Å². The van der Waals surface area contributed by atoms with Crippen molar-refractivity contribution in [2.75, 3.05) is 14.1 Å². The van der Waals surface area contributed by atoms with E-state index in [0.29, 0.717) is 33.0 Å². The molecule has 0 unspecified atom stereocenters. The molecule has 12 heteroatoms. The summed E-state index contributed by atoms with van der Waals surface area (Å²) in [6.45, 7) is 0. The van der Waals surface area contributed by atoms with E-state index in [0.717, 1.165) is 124 Å². The van der Waals surface area contributed by atoms with Crippen molar-refractivity contribution in [1.29, 1.82) is 0 Å². The topological polar surface area (TPSA) is 74.8 Å². The van der Waals surface area contributed by atoms with Crippen LogP contribution in [0.2, 0.25) is 0 Å². The van der Waals surface area contributed by atoms with E-state index in [4.69, 9.17) is 0 Å². The highest BCUT2D eigenvalue weighted by atomic mass is 79.9. The molecule has 2 aliphatic heterocycles. The van der Waals surface area contributed by atoms with E-state index in [1.165, 1.54) is 23.9 Å². The van der Waals surface area contributed by atoms with Gasteiger partial charge in [0.2, 0.25) is 0 Å². The summed E-state index contributed by atoms with van der Waals surface area (Å²) in [5.74, 6) is -1.30. The second-order valence-electron chi connectivity index (χ2n) is 15.3. The molecule has 58 heavy (non-hydrogen) atoms. The number of carbonyl (C=O) groups excluding carboxylic acids is 4. The second-order valence-corrected chi connectivity index (χ2v) is 20.5. The summed E-state index contributed by atoms with van der Waals surface area (Å²) in [6.07, 6.45) is 0. The van der Waals surface area contributed by atoms with Crippen LogP contribution in [0.4, 0.5) is 0 Å². The SMILES string of the molecule is CN1C(=O)c2cc(Br)c3c4ccc5c6c(Br)cc7c8c(Br)cc9c%10c(cc(Br)c(c%11ccc(c%12c(Br)cc(c%13c(Br)cc(c2c3%13)C1=O)c4c5%12)c6c%117)c%108)C(=O)N(C)C9=O. The third-order valence-electron chi connectivity index (χ3n) is 12.8. The summed E-state index contributed by atoms with van der Waals surface area (Å²) >= 11 is 23.7. The van der Waals surface area contributed by atoms with Gasteiger partial charge in [-0.25, -0.2) is 0 Å². The monoisotopic (exact) mass is 1130 g/mol. The van der Waals surface area contributed by atoms with E-state index >= 15 is 0 Å². The molecule has 0 aromatic heterocycles. The van der Waals surface area contributed by atoms with Crippen molar-refractivity contribution in [3.05, 3.63) is 110 Å². The van der Waals surface area contributed by atoms with Gasteiger partial charge >= 0.3 is 0 Å². The summed E-state index contributed by atoms with van der Waals surface area (Å²) in [5.41, 5.74) is 1.97. The molecule has 2 heterocycles. The summed E-state index contributed by atoms with van der Waals surface area (Å²) in [6, 6.07) is 20.5. The fraction of sp³-hybridized carbons (Fsp3) is 0.0435. The number of amides is 4. The fourth-order valence-electron chi connectivity index (χ4n) is 10.6. The highest BCUT2D eigenvalue weighted by Gasteiger charge is 2.36. The third kappa shape index (κ3) is 3.74. The van der Waals surface area contributed by atoms with Crippen molar-refractivity contribution in [2.24, 2.45) is 0 Å². The maximum absolute atomic E-state index is 13.6. The normalized spacial score (nSPS) is 15.0. The quantitative estimate of drug-likeness (QED) is 0.0861. The standard InChI is InChI=1S/C46H16Br6N2O4/c1-53-43(55)19-9-25(49)35-13-3-5-15-34-24(48)8-18-30-14(36-26(50)10-20-32-22(46(58)54(2)44(20)56)12-28(52)38(18)42(32)36)4-6-16(40(30)34)33-23(47)7-17(29(13)39(15)33)37-27(51)11-21(45(53)57)31(19)41(35)37/h3-12H,1-2H3. The van der Waals surface area contributed by atoms with Crippen molar-refractivity contribution in [1.82, 2.24) is 9.80 Å². The Labute approximate surface area is 376 Å². The number of hydrogen-bond acceptors (Lipinski definition) is 4. The van der Waals surface area contributed by atoms with Crippen molar-refractivity contribution < 1.29 is 19.2 Å². The smallest absolute Gasteiger partial charge is 0.261 e. The number of carbonyl (C=O) groups is 4. The molecule has 0 spiro atoms. The van der Waals surface area contributed by atoms with Gasteiger partial charge < -0.3 is 0 Å². The molecule has 276 valence electrons. The minimum Gasteiger partial charge on any atom is -0.277 e. The molecule has 2 aliphatic rings. The predicted molar refractivity (Wildman–Crippen MR) is 254 cm³/mol. The molecule has 0 aliphatic carbocycles. The molecule has 0 N–H and O–H groups in total. The Hall–Kier alpha value is -4.04. The molecule has 11 aromatic rings. The van der Waals surface area contributed by atoms with Crippen LogP contribution < -0.4 is 0 Å². The number of fused-ring (bicyclic) bond motifs is 6. The Morgan fingerprint density at radius 2 is 0.534 bits per heavy atom. The molecule has 0 saturated heterocycles. The first-order valence-electron chi connectivity index (χ1n) is 18.0. The van der Waals surface area contributed by atoms with Crippen LogP contribution in [0.15, 0.2) is 87.5 Å². The van der Waals surface area contributed by atoms with E-state index in [9.17, 15) is 19.2 Å². The minimum absolute atomic E-state index is 0.326. The van der Waals surface area contributed by atoms with Crippen LogP contribution in [0.25, 0.3) is 108 Å². The largest absolute Gasteiger partial charge is 0.277 e. The van der Waals surface area contributed by atoms with Crippen LogP contribution in [0, 0.1) is 0 Å². The Morgan fingerprint density at radius 3 is 0.845 bits per heavy atom. The summed E-state index contributed by atoms with van der Waals surface area (Å²) in [5, 5.41) is 19.5. The average molecular weight is 1140 g/mol. The lowest BCUT2D eigenvalue weighted by molar-refractivity contribution is 0.0635. The molecule has 6 nitrogen and oxygen atoms in total. The highest BCUT2D eigenvalue weighted by Crippen LogP contribution is 2.57. The first-order valence-corrected chi connectivity index (χ1v) is 22.8. The van der Waals surface area contributed by atoms with Crippen LogP contribution in [0.3, 0.4) is 0 Å². The summed E-state index contributed by atoms with van der Waals surface area (Å²) in [7, 11) is 3.06. The molecular weight excluding hydrogens is 1120 g/mol. The Balaban J connectivity index is 1.27. The lowest BCUT2D eigenvalue weighted by atomic mass is 9.80. The van der Waals surface area contributed by atoms with Gasteiger partial charge in [-0.15, -0.1) is 0 Å². The highest BCUT2D eigenvalue weighted by molar-refractivity contribution is 9.11. The average Bonchev–Trinajstić information content (AvgIpc) is 3.20. The number of imide groups is 2. The first-order chi connectivity index (χ1) is 27.8. The molecule has 0 bridgehead atoms. The number of rotatable bonds is 0. The molecule has 0 atom stereocenters. The number of halogens is 6. The van der Waals surface area contributed by atoms with Gasteiger partial charge in [-0.2, -0.15) is 0 Å². The molecule has 11 aromatic carbocycles. The zero-order valence-electron chi connectivity index (χ0n) is 29.6. The first kappa shape index (κ1) is 34.8. The van der Waals surface area contributed by atoms with Crippen LogP contribution in [0.1, 0.15) is 41.4 Å². The molecular formula is C46H16Br6N2O4. The van der Waals surface area contributed by atoms with E-state index in [-0.39, 0.29) is 23.6 Å². The number of benzene rings is 11. The van der Waals surface area contributed by atoms with E-state index in [1.54, 1.807) is 0 Å². The van der Waals surface area contributed by atoms with Gasteiger partial charge in [0.1, 0.15) is 0 Å². The molecule has 0 fully saturated rings. The predicted octanol–water partition coefficient (Wildman–Crippen LogP) is 14.6. The third-order valence-corrected chi connectivity index (χ3v) is 16.6. The van der Waals surface area contributed by atoms with Gasteiger partial charge in [0.25, 0.3) is 23.6 Å².